The van der Waals surface area contributed by atoms with Gasteiger partial charge in [-0.25, -0.2) is 13.2 Å². The summed E-state index contributed by atoms with van der Waals surface area (Å²) in [6.07, 6.45) is 1.01. The number of carbonyl (C=O) groups is 2. The van der Waals surface area contributed by atoms with Crippen LogP contribution in [0.5, 0.6) is 5.75 Å². The highest BCUT2D eigenvalue weighted by atomic mass is 32.2. The zero-order chi connectivity index (χ0) is 28.8. The quantitative estimate of drug-likeness (QED) is 0.155. The largest absolute Gasteiger partial charge is 0.423 e. The minimum atomic E-state index is -3.87. The van der Waals surface area contributed by atoms with E-state index in [4.69, 9.17) is 4.74 Å². The van der Waals surface area contributed by atoms with E-state index in [1.165, 1.54) is 30.0 Å². The molecule has 0 aliphatic carbocycles. The van der Waals surface area contributed by atoms with Crippen molar-refractivity contribution < 1.29 is 22.7 Å². The first-order valence-electron chi connectivity index (χ1n) is 12.7. The molecule has 1 N–H and O–H groups in total. The fourth-order valence-electron chi connectivity index (χ4n) is 4.18. The van der Waals surface area contributed by atoms with Gasteiger partial charge in [-0.3, -0.25) is 9.10 Å². The fourth-order valence-corrected chi connectivity index (χ4v) is 5.95. The highest BCUT2D eigenvalue weighted by molar-refractivity contribution is 7.99. The van der Waals surface area contributed by atoms with E-state index in [2.05, 4.69) is 5.32 Å². The number of rotatable bonds is 9. The van der Waals surface area contributed by atoms with Crippen LogP contribution in [0.25, 0.3) is 10.8 Å². The second kappa shape index (κ2) is 12.3. The first-order valence-corrected chi connectivity index (χ1v) is 15.3. The zero-order valence-corrected chi connectivity index (χ0v) is 23.7. The fraction of sp³-hybridized carbons (Fsp3) is 0.0625. The average molecular weight is 583 g/mol. The summed E-state index contributed by atoms with van der Waals surface area (Å²) in [5.41, 5.74) is 0.879. The van der Waals surface area contributed by atoms with Gasteiger partial charge in [0.1, 0.15) is 12.3 Å². The molecule has 0 unspecified atom stereocenters. The van der Waals surface area contributed by atoms with Crippen LogP contribution in [0.1, 0.15) is 10.4 Å². The minimum Gasteiger partial charge on any atom is -0.423 e. The third kappa shape index (κ3) is 7.13. The number of ether oxygens (including phenoxy) is 1. The van der Waals surface area contributed by atoms with Gasteiger partial charge in [0.25, 0.3) is 0 Å². The van der Waals surface area contributed by atoms with Crippen molar-refractivity contribution in [3.8, 4) is 5.75 Å². The Balaban J connectivity index is 1.33. The number of hydrogen-bond acceptors (Lipinski definition) is 6. The molecule has 0 saturated carbocycles. The molecule has 0 aliphatic rings. The highest BCUT2D eigenvalue weighted by Crippen LogP contribution is 2.33. The average Bonchev–Trinajstić information content (AvgIpc) is 2.97. The summed E-state index contributed by atoms with van der Waals surface area (Å²) in [5.74, 6) is -0.807. The lowest BCUT2D eigenvalue weighted by Gasteiger charge is -2.22. The van der Waals surface area contributed by atoms with Crippen LogP contribution < -0.4 is 14.4 Å². The van der Waals surface area contributed by atoms with Crippen LogP contribution in [0.15, 0.2) is 131 Å². The van der Waals surface area contributed by atoms with Crippen molar-refractivity contribution >= 4 is 55.8 Å². The summed E-state index contributed by atoms with van der Waals surface area (Å²) >= 11 is 1.49. The molecular weight excluding hydrogens is 556 g/mol. The van der Waals surface area contributed by atoms with E-state index in [9.17, 15) is 18.0 Å². The lowest BCUT2D eigenvalue weighted by Crippen LogP contribution is -2.37. The Morgan fingerprint density at radius 3 is 2.27 bits per heavy atom. The molecule has 0 saturated heterocycles. The Hall–Kier alpha value is -4.60. The summed E-state index contributed by atoms with van der Waals surface area (Å²) in [4.78, 5) is 27.9. The van der Waals surface area contributed by atoms with E-state index in [1.54, 1.807) is 30.3 Å². The number of amides is 1. The van der Waals surface area contributed by atoms with E-state index >= 15 is 0 Å². The van der Waals surface area contributed by atoms with Gasteiger partial charge in [0.2, 0.25) is 15.9 Å². The van der Waals surface area contributed by atoms with E-state index < -0.39 is 28.4 Å². The SMILES string of the molecule is CS(=O)(=O)N(CC(=O)Nc1ccccc1Sc1ccccc1)c1cccc(C(=O)Oc2ccc3ccccc3c2)c1. The first kappa shape index (κ1) is 27.9. The molecule has 5 aromatic rings. The first-order chi connectivity index (χ1) is 19.8. The summed E-state index contributed by atoms with van der Waals surface area (Å²) in [7, 11) is -3.87. The maximum absolute atomic E-state index is 13.1. The Morgan fingerprint density at radius 2 is 1.49 bits per heavy atom. The predicted molar refractivity (Wildman–Crippen MR) is 163 cm³/mol. The number of anilines is 2. The van der Waals surface area contributed by atoms with Crippen molar-refractivity contribution in [2.75, 3.05) is 22.4 Å². The molecule has 0 fully saturated rings. The summed E-state index contributed by atoms with van der Waals surface area (Å²) < 4.78 is 32.0. The highest BCUT2D eigenvalue weighted by Gasteiger charge is 2.23. The van der Waals surface area contributed by atoms with Crippen LogP contribution in [0.4, 0.5) is 11.4 Å². The molecule has 41 heavy (non-hydrogen) atoms. The normalized spacial score (nSPS) is 11.1. The molecule has 5 rings (SSSR count). The van der Waals surface area contributed by atoms with Crippen LogP contribution >= 0.6 is 11.8 Å². The summed E-state index contributed by atoms with van der Waals surface area (Å²) in [6.45, 7) is -0.480. The number of nitrogens with one attached hydrogen (secondary N) is 1. The van der Waals surface area contributed by atoms with Gasteiger partial charge in [-0.05, 0) is 65.4 Å². The van der Waals surface area contributed by atoms with Gasteiger partial charge in [-0.15, -0.1) is 0 Å². The number of nitrogens with zero attached hydrogens (tertiary/aromatic N) is 1. The van der Waals surface area contributed by atoms with Crippen molar-refractivity contribution in [3.63, 3.8) is 0 Å². The number of sulfonamides is 1. The Kier molecular flexibility index (Phi) is 8.37. The monoisotopic (exact) mass is 582 g/mol. The molecule has 0 heterocycles. The maximum atomic E-state index is 13.1. The van der Waals surface area contributed by atoms with E-state index in [-0.39, 0.29) is 11.3 Å². The maximum Gasteiger partial charge on any atom is 0.343 e. The molecule has 1 amide bonds. The molecule has 0 bridgehead atoms. The summed E-state index contributed by atoms with van der Waals surface area (Å²) in [6, 6.07) is 36.0. The van der Waals surface area contributed by atoms with Crippen molar-refractivity contribution in [3.05, 3.63) is 127 Å². The van der Waals surface area contributed by atoms with Crippen LogP contribution in [0.2, 0.25) is 0 Å². The van der Waals surface area contributed by atoms with Gasteiger partial charge < -0.3 is 10.1 Å². The summed E-state index contributed by atoms with van der Waals surface area (Å²) in [5, 5.41) is 4.76. The van der Waals surface area contributed by atoms with Crippen LogP contribution in [0.3, 0.4) is 0 Å². The molecule has 0 radical (unpaired) electrons. The molecule has 9 heteroatoms. The van der Waals surface area contributed by atoms with Gasteiger partial charge in [0.15, 0.2) is 0 Å². The third-order valence-electron chi connectivity index (χ3n) is 6.12. The molecule has 0 aliphatic heterocycles. The smallest absolute Gasteiger partial charge is 0.343 e. The number of esters is 1. The standard InChI is InChI=1S/C32H26N2O5S2/c1-41(37,38)34(22-31(35)33-29-16-7-8-17-30(29)40-28-14-3-2-4-15-28)26-13-9-12-25(20-26)32(36)39-27-19-18-23-10-5-6-11-24(23)21-27/h2-21H,22H2,1H3,(H,33,35). The number of benzene rings is 5. The van der Waals surface area contributed by atoms with Crippen LogP contribution in [-0.4, -0.2) is 33.1 Å². The number of fused-ring (bicyclic) bond motifs is 1. The number of hydrogen-bond donors (Lipinski definition) is 1. The third-order valence-corrected chi connectivity index (χ3v) is 8.35. The molecule has 206 valence electrons. The molecule has 0 atom stereocenters. The predicted octanol–water partition coefficient (Wildman–Crippen LogP) is 6.61. The Bertz CT molecular complexity index is 1830. The number of para-hydroxylation sites is 1. The topological polar surface area (TPSA) is 92.8 Å². The Morgan fingerprint density at radius 1 is 0.780 bits per heavy atom. The van der Waals surface area contributed by atoms with Crippen molar-refractivity contribution in [1.29, 1.82) is 0 Å². The second-order valence-electron chi connectivity index (χ2n) is 9.18. The van der Waals surface area contributed by atoms with E-state index in [0.29, 0.717) is 11.4 Å². The van der Waals surface area contributed by atoms with Crippen molar-refractivity contribution in [2.45, 2.75) is 9.79 Å². The number of carbonyl (C=O) groups excluding carboxylic acids is 2. The molecule has 0 aromatic heterocycles. The molecule has 7 nitrogen and oxygen atoms in total. The van der Waals surface area contributed by atoms with Crippen molar-refractivity contribution in [1.82, 2.24) is 0 Å². The van der Waals surface area contributed by atoms with Gasteiger partial charge in [-0.1, -0.05) is 78.5 Å². The van der Waals surface area contributed by atoms with E-state index in [1.807, 2.05) is 72.8 Å². The van der Waals surface area contributed by atoms with E-state index in [0.717, 1.165) is 31.1 Å². The lowest BCUT2D eigenvalue weighted by molar-refractivity contribution is -0.114. The minimum absolute atomic E-state index is 0.148. The van der Waals surface area contributed by atoms with Gasteiger partial charge in [0, 0.05) is 9.79 Å². The molecular formula is C32H26N2O5S2. The second-order valence-corrected chi connectivity index (χ2v) is 12.2. The zero-order valence-electron chi connectivity index (χ0n) is 22.1. The lowest BCUT2D eigenvalue weighted by atomic mass is 10.1. The van der Waals surface area contributed by atoms with Crippen molar-refractivity contribution in [2.24, 2.45) is 0 Å². The Labute approximate surface area is 242 Å². The van der Waals surface area contributed by atoms with Gasteiger partial charge in [-0.2, -0.15) is 0 Å². The van der Waals surface area contributed by atoms with Crippen LogP contribution in [-0.2, 0) is 14.8 Å². The van der Waals surface area contributed by atoms with Crippen LogP contribution in [0, 0.1) is 0 Å². The van der Waals surface area contributed by atoms with Gasteiger partial charge in [0.05, 0.1) is 23.2 Å². The molecule has 5 aromatic carbocycles. The van der Waals surface area contributed by atoms with Gasteiger partial charge >= 0.3 is 5.97 Å². The molecule has 0 spiro atoms.